The monoisotopic (exact) mass is 124 g/mol. The predicted octanol–water partition coefficient (Wildman–Crippen LogP) is 1.20. The minimum absolute atomic E-state index is 0.0546. The van der Waals surface area contributed by atoms with Gasteiger partial charge in [-0.3, -0.25) is 0 Å². The summed E-state index contributed by atoms with van der Waals surface area (Å²) in [5.41, 5.74) is 0. The maximum atomic E-state index is 5.27. The Morgan fingerprint density at radius 1 is 1.67 bits per heavy atom. The summed E-state index contributed by atoms with van der Waals surface area (Å²) in [6.07, 6.45) is 7.14. The zero-order valence-electron chi connectivity index (χ0n) is 5.04. The van der Waals surface area contributed by atoms with Gasteiger partial charge in [-0.15, -0.1) is 0 Å². The Labute approximate surface area is 53.8 Å². The SMILES string of the molecule is C1=CC(OC2CO2)=CC1. The van der Waals surface area contributed by atoms with E-state index < -0.39 is 0 Å². The van der Waals surface area contributed by atoms with E-state index in [1.165, 1.54) is 0 Å². The summed E-state index contributed by atoms with van der Waals surface area (Å²) in [5.74, 6) is 0.956. The maximum absolute atomic E-state index is 5.27. The smallest absolute Gasteiger partial charge is 0.223 e. The Kier molecular flexibility index (Phi) is 1.06. The normalized spacial score (nSPS) is 30.2. The summed E-state index contributed by atoms with van der Waals surface area (Å²) >= 11 is 0. The van der Waals surface area contributed by atoms with Crippen LogP contribution in [-0.4, -0.2) is 12.9 Å². The van der Waals surface area contributed by atoms with E-state index in [2.05, 4.69) is 6.08 Å². The second-order valence-corrected chi connectivity index (χ2v) is 2.13. The first-order valence-corrected chi connectivity index (χ1v) is 3.10. The Hall–Kier alpha value is -0.760. The van der Waals surface area contributed by atoms with Crippen LogP contribution in [0.15, 0.2) is 24.0 Å². The highest BCUT2D eigenvalue weighted by molar-refractivity contribution is 5.20. The van der Waals surface area contributed by atoms with Gasteiger partial charge in [0.2, 0.25) is 6.29 Å². The lowest BCUT2D eigenvalue weighted by atomic mass is 10.5. The van der Waals surface area contributed by atoms with E-state index >= 15 is 0 Å². The minimum atomic E-state index is 0.0546. The van der Waals surface area contributed by atoms with Gasteiger partial charge in [-0.1, -0.05) is 6.08 Å². The summed E-state index contributed by atoms with van der Waals surface area (Å²) in [5, 5.41) is 0. The Bertz CT molecular complexity index is 166. The minimum Gasteiger partial charge on any atom is -0.463 e. The summed E-state index contributed by atoms with van der Waals surface area (Å²) in [4.78, 5) is 0. The first-order chi connectivity index (χ1) is 4.45. The lowest BCUT2D eigenvalue weighted by molar-refractivity contribution is 0.115. The highest BCUT2D eigenvalue weighted by Gasteiger charge is 2.25. The zero-order valence-corrected chi connectivity index (χ0v) is 5.04. The van der Waals surface area contributed by atoms with E-state index in [1.54, 1.807) is 0 Å². The second kappa shape index (κ2) is 1.88. The van der Waals surface area contributed by atoms with E-state index in [4.69, 9.17) is 9.47 Å². The van der Waals surface area contributed by atoms with Crippen LogP contribution in [0.4, 0.5) is 0 Å². The molecule has 0 spiro atoms. The second-order valence-electron chi connectivity index (χ2n) is 2.13. The molecule has 9 heavy (non-hydrogen) atoms. The maximum Gasteiger partial charge on any atom is 0.223 e. The largest absolute Gasteiger partial charge is 0.463 e. The molecular weight excluding hydrogens is 116 g/mol. The van der Waals surface area contributed by atoms with Gasteiger partial charge in [0.05, 0.1) is 0 Å². The van der Waals surface area contributed by atoms with Gasteiger partial charge in [-0.25, -0.2) is 0 Å². The van der Waals surface area contributed by atoms with Crippen LogP contribution in [0.25, 0.3) is 0 Å². The molecule has 0 N–H and O–H groups in total. The van der Waals surface area contributed by atoms with Crippen LogP contribution < -0.4 is 0 Å². The standard InChI is InChI=1S/C7H8O2/c1-2-4-6(3-1)9-7-5-8-7/h1,3-4,7H,2,5H2. The van der Waals surface area contributed by atoms with Crippen LogP contribution in [0.5, 0.6) is 0 Å². The fraction of sp³-hybridized carbons (Fsp3) is 0.429. The van der Waals surface area contributed by atoms with Crippen molar-refractivity contribution < 1.29 is 9.47 Å². The van der Waals surface area contributed by atoms with Crippen molar-refractivity contribution in [2.24, 2.45) is 0 Å². The highest BCUT2D eigenvalue weighted by atomic mass is 16.8. The molecule has 0 amide bonds. The molecule has 2 aliphatic rings. The molecule has 2 rings (SSSR count). The lowest BCUT2D eigenvalue weighted by Gasteiger charge is -1.97. The molecule has 1 fully saturated rings. The molecule has 0 saturated carbocycles. The molecule has 0 aromatic rings. The summed E-state index contributed by atoms with van der Waals surface area (Å²) in [6, 6.07) is 0. The Morgan fingerprint density at radius 2 is 2.56 bits per heavy atom. The molecule has 48 valence electrons. The van der Waals surface area contributed by atoms with E-state index in [0.29, 0.717) is 0 Å². The van der Waals surface area contributed by atoms with E-state index in [9.17, 15) is 0 Å². The fourth-order valence-electron chi connectivity index (χ4n) is 0.783. The predicted molar refractivity (Wildman–Crippen MR) is 32.7 cm³/mol. The third-order valence-corrected chi connectivity index (χ3v) is 1.31. The van der Waals surface area contributed by atoms with Gasteiger partial charge in [-0.05, 0) is 18.6 Å². The number of ether oxygens (including phenoxy) is 2. The van der Waals surface area contributed by atoms with Gasteiger partial charge in [0, 0.05) is 0 Å². The van der Waals surface area contributed by atoms with Gasteiger partial charge in [-0.2, -0.15) is 0 Å². The van der Waals surface area contributed by atoms with Crippen molar-refractivity contribution in [3.05, 3.63) is 24.0 Å². The van der Waals surface area contributed by atoms with E-state index in [0.717, 1.165) is 18.8 Å². The quantitative estimate of drug-likeness (QED) is 0.516. The van der Waals surface area contributed by atoms with Crippen molar-refractivity contribution in [1.29, 1.82) is 0 Å². The van der Waals surface area contributed by atoms with Crippen LogP contribution >= 0.6 is 0 Å². The average Bonchev–Trinajstić information content (AvgIpc) is 2.46. The molecule has 0 radical (unpaired) electrons. The van der Waals surface area contributed by atoms with Crippen molar-refractivity contribution in [1.82, 2.24) is 0 Å². The van der Waals surface area contributed by atoms with Crippen molar-refractivity contribution in [2.75, 3.05) is 6.61 Å². The van der Waals surface area contributed by atoms with Crippen molar-refractivity contribution in [3.8, 4) is 0 Å². The Morgan fingerprint density at radius 3 is 3.11 bits per heavy atom. The molecule has 0 bridgehead atoms. The molecule has 2 nitrogen and oxygen atoms in total. The van der Waals surface area contributed by atoms with Crippen LogP contribution in [0, 0.1) is 0 Å². The third-order valence-electron chi connectivity index (χ3n) is 1.31. The zero-order chi connectivity index (χ0) is 6.10. The molecule has 1 aliphatic carbocycles. The van der Waals surface area contributed by atoms with Gasteiger partial charge in [0.1, 0.15) is 12.4 Å². The summed E-state index contributed by atoms with van der Waals surface area (Å²) in [6.45, 7) is 0.755. The van der Waals surface area contributed by atoms with Crippen molar-refractivity contribution in [3.63, 3.8) is 0 Å². The Balaban J connectivity index is 1.89. The first-order valence-electron chi connectivity index (χ1n) is 3.10. The summed E-state index contributed by atoms with van der Waals surface area (Å²) < 4.78 is 10.1. The van der Waals surface area contributed by atoms with Crippen LogP contribution in [0.3, 0.4) is 0 Å². The van der Waals surface area contributed by atoms with Gasteiger partial charge in [0.25, 0.3) is 0 Å². The number of hydrogen-bond donors (Lipinski definition) is 0. The fourth-order valence-corrected chi connectivity index (χ4v) is 0.783. The highest BCUT2D eigenvalue weighted by Crippen LogP contribution is 2.19. The number of hydrogen-bond acceptors (Lipinski definition) is 2. The topological polar surface area (TPSA) is 21.8 Å². The molecular formula is C7H8O2. The molecule has 1 atom stereocenters. The molecule has 1 aliphatic heterocycles. The number of rotatable bonds is 2. The molecule has 1 heterocycles. The number of epoxide rings is 1. The third kappa shape index (κ3) is 1.13. The van der Waals surface area contributed by atoms with Crippen molar-refractivity contribution >= 4 is 0 Å². The summed E-state index contributed by atoms with van der Waals surface area (Å²) in [7, 11) is 0. The van der Waals surface area contributed by atoms with Gasteiger partial charge >= 0.3 is 0 Å². The molecule has 2 heteroatoms. The number of allylic oxidation sites excluding steroid dienone is 3. The van der Waals surface area contributed by atoms with Crippen LogP contribution in [0.1, 0.15) is 6.42 Å². The van der Waals surface area contributed by atoms with Gasteiger partial charge < -0.3 is 9.47 Å². The lowest BCUT2D eigenvalue weighted by Crippen LogP contribution is -1.90. The van der Waals surface area contributed by atoms with E-state index in [1.807, 2.05) is 12.2 Å². The molecule has 0 aromatic carbocycles. The molecule has 1 saturated heterocycles. The van der Waals surface area contributed by atoms with Crippen molar-refractivity contribution in [2.45, 2.75) is 12.7 Å². The molecule has 0 aromatic heterocycles. The average molecular weight is 124 g/mol. The van der Waals surface area contributed by atoms with E-state index in [-0.39, 0.29) is 6.29 Å². The van der Waals surface area contributed by atoms with Crippen LogP contribution in [0.2, 0.25) is 0 Å². The first kappa shape index (κ1) is 5.06. The molecule has 1 unspecified atom stereocenters. The van der Waals surface area contributed by atoms with Gasteiger partial charge in [0.15, 0.2) is 0 Å². The van der Waals surface area contributed by atoms with Crippen LogP contribution in [-0.2, 0) is 9.47 Å².